The van der Waals surface area contributed by atoms with Crippen LogP contribution in [0.5, 0.6) is 0 Å². The van der Waals surface area contributed by atoms with Gasteiger partial charge in [-0.3, -0.25) is 4.79 Å². The van der Waals surface area contributed by atoms with E-state index < -0.39 is 5.41 Å². The predicted octanol–water partition coefficient (Wildman–Crippen LogP) is 7.55. The smallest absolute Gasteiger partial charge is 0.235 e. The van der Waals surface area contributed by atoms with Gasteiger partial charge >= 0.3 is 0 Å². The lowest BCUT2D eigenvalue weighted by Gasteiger charge is -2.42. The lowest BCUT2D eigenvalue weighted by Crippen LogP contribution is -2.46. The Balaban J connectivity index is 1.27. The van der Waals surface area contributed by atoms with Gasteiger partial charge in [-0.15, -0.1) is 0 Å². The summed E-state index contributed by atoms with van der Waals surface area (Å²) < 4.78 is 0. The first-order valence-electron chi connectivity index (χ1n) is 14.1. The molecule has 2 bridgehead atoms. The van der Waals surface area contributed by atoms with Crippen LogP contribution in [-0.2, 0) is 16.6 Å². The molecule has 0 aliphatic heterocycles. The molecule has 3 aliphatic carbocycles. The summed E-state index contributed by atoms with van der Waals surface area (Å²) in [5.41, 5.74) is 5.56. The Morgan fingerprint density at radius 3 is 2.00 bits per heavy atom. The molecule has 186 valence electrons. The summed E-state index contributed by atoms with van der Waals surface area (Å²) in [6.45, 7) is 3.25. The summed E-state index contributed by atoms with van der Waals surface area (Å²) in [7, 11) is 0. The van der Waals surface area contributed by atoms with Gasteiger partial charge in [0, 0.05) is 6.54 Å². The molecule has 2 nitrogen and oxygen atoms in total. The van der Waals surface area contributed by atoms with Crippen LogP contribution >= 0.6 is 0 Å². The topological polar surface area (TPSA) is 29.1 Å². The number of carbonyl (C=O) groups excluding carboxylic acids is 1. The molecule has 0 heterocycles. The molecule has 0 aromatic heterocycles. The van der Waals surface area contributed by atoms with Crippen LogP contribution in [0.2, 0.25) is 0 Å². The first kappa shape index (κ1) is 23.5. The highest BCUT2D eigenvalue weighted by Crippen LogP contribution is 2.52. The highest BCUT2D eigenvalue weighted by molar-refractivity contribution is 6.00. The predicted molar refractivity (Wildman–Crippen MR) is 148 cm³/mol. The van der Waals surface area contributed by atoms with E-state index in [-0.39, 0.29) is 5.91 Å². The second-order valence-electron chi connectivity index (χ2n) is 11.9. The molecule has 1 N–H and O–H groups in total. The Labute approximate surface area is 216 Å². The largest absolute Gasteiger partial charge is 0.355 e. The number of hydrogen-bond acceptors (Lipinski definition) is 1. The standard InChI is InChI=1S/C34H39NO/c1-24-18-26-20-27(19-24)22-28(21-26)23-35-33(36)34(17-9-12-25-10-3-2-4-11-25)31-15-7-5-13-29(31)30-14-6-8-16-32(30)34/h2-8,10-11,13-16,24,26-28H,9,12,17-23H2,1H3,(H,35,36). The van der Waals surface area contributed by atoms with Crippen LogP contribution < -0.4 is 5.32 Å². The lowest BCUT2D eigenvalue weighted by atomic mass is 9.65. The molecule has 2 unspecified atom stereocenters. The van der Waals surface area contributed by atoms with Gasteiger partial charge < -0.3 is 5.32 Å². The average Bonchev–Trinajstić information content (AvgIpc) is 3.18. The van der Waals surface area contributed by atoms with Crippen molar-refractivity contribution in [1.29, 1.82) is 0 Å². The van der Waals surface area contributed by atoms with Crippen molar-refractivity contribution in [1.82, 2.24) is 5.32 Å². The van der Waals surface area contributed by atoms with E-state index in [0.717, 1.165) is 43.6 Å². The average molecular weight is 478 g/mol. The SMILES string of the molecule is CC1CC2CC(CNC(=O)C3(CCCc4ccccc4)c4ccccc4-c4ccccc43)CC(C1)C2. The highest BCUT2D eigenvalue weighted by Gasteiger charge is 2.48. The summed E-state index contributed by atoms with van der Waals surface area (Å²) in [5, 5.41) is 3.53. The third-order valence-corrected chi connectivity index (χ3v) is 9.33. The Morgan fingerprint density at radius 1 is 0.778 bits per heavy atom. The van der Waals surface area contributed by atoms with E-state index in [1.54, 1.807) is 0 Å². The molecule has 3 aromatic carbocycles. The molecule has 3 aromatic rings. The third kappa shape index (κ3) is 4.29. The third-order valence-electron chi connectivity index (χ3n) is 9.33. The molecule has 2 saturated carbocycles. The maximum Gasteiger partial charge on any atom is 0.235 e. The number of nitrogens with one attached hydrogen (secondary N) is 1. The van der Waals surface area contributed by atoms with Crippen LogP contribution in [-0.4, -0.2) is 12.5 Å². The second kappa shape index (κ2) is 9.88. The fourth-order valence-electron chi connectivity index (χ4n) is 8.03. The molecule has 3 aliphatic rings. The lowest BCUT2D eigenvalue weighted by molar-refractivity contribution is -0.125. The van der Waals surface area contributed by atoms with Crippen molar-refractivity contribution in [3.8, 4) is 11.1 Å². The summed E-state index contributed by atoms with van der Waals surface area (Å²) >= 11 is 0. The quantitative estimate of drug-likeness (QED) is 0.374. The zero-order valence-electron chi connectivity index (χ0n) is 21.6. The van der Waals surface area contributed by atoms with Gasteiger partial charge in [0.2, 0.25) is 5.91 Å². The summed E-state index contributed by atoms with van der Waals surface area (Å²) in [4.78, 5) is 14.4. The van der Waals surface area contributed by atoms with Crippen molar-refractivity contribution in [2.24, 2.45) is 23.7 Å². The number of fused-ring (bicyclic) bond motifs is 5. The number of rotatable bonds is 7. The molecule has 6 rings (SSSR count). The number of amides is 1. The van der Waals surface area contributed by atoms with Gasteiger partial charge in [0.25, 0.3) is 0 Å². The minimum atomic E-state index is -0.610. The minimum Gasteiger partial charge on any atom is -0.355 e. The number of aryl methyl sites for hydroxylation is 1. The van der Waals surface area contributed by atoms with Crippen molar-refractivity contribution in [2.75, 3.05) is 6.54 Å². The van der Waals surface area contributed by atoms with Crippen molar-refractivity contribution in [3.05, 3.63) is 95.6 Å². The van der Waals surface area contributed by atoms with Crippen LogP contribution in [0.3, 0.4) is 0 Å². The summed E-state index contributed by atoms with van der Waals surface area (Å²) in [6, 6.07) is 27.9. The molecule has 0 saturated heterocycles. The fourth-order valence-corrected chi connectivity index (χ4v) is 8.03. The van der Waals surface area contributed by atoms with E-state index >= 15 is 0 Å². The van der Waals surface area contributed by atoms with Crippen molar-refractivity contribution < 1.29 is 4.79 Å². The summed E-state index contributed by atoms with van der Waals surface area (Å²) in [5.74, 6) is 3.43. The minimum absolute atomic E-state index is 0.206. The zero-order chi connectivity index (χ0) is 24.5. The van der Waals surface area contributed by atoms with Crippen LogP contribution in [0, 0.1) is 23.7 Å². The Hall–Kier alpha value is -2.87. The molecular weight excluding hydrogens is 438 g/mol. The molecule has 2 atom stereocenters. The van der Waals surface area contributed by atoms with E-state index in [2.05, 4.69) is 91.1 Å². The van der Waals surface area contributed by atoms with E-state index in [9.17, 15) is 4.79 Å². The monoisotopic (exact) mass is 477 g/mol. The van der Waals surface area contributed by atoms with Crippen LogP contribution in [0.15, 0.2) is 78.9 Å². The Kier molecular flexibility index (Phi) is 6.46. The van der Waals surface area contributed by atoms with Gasteiger partial charge in [0.05, 0.1) is 0 Å². The van der Waals surface area contributed by atoms with E-state index in [4.69, 9.17) is 0 Å². The van der Waals surface area contributed by atoms with Gasteiger partial charge in [0.15, 0.2) is 0 Å². The van der Waals surface area contributed by atoms with Crippen LogP contribution in [0.4, 0.5) is 0 Å². The molecule has 2 heteroatoms. The maximum absolute atomic E-state index is 14.4. The van der Waals surface area contributed by atoms with Gasteiger partial charge in [-0.2, -0.15) is 0 Å². The Morgan fingerprint density at radius 2 is 1.36 bits per heavy atom. The van der Waals surface area contributed by atoms with Crippen LogP contribution in [0.25, 0.3) is 11.1 Å². The molecular formula is C34H39NO. The first-order valence-corrected chi connectivity index (χ1v) is 14.1. The molecule has 2 fully saturated rings. The first-order chi connectivity index (χ1) is 17.6. The van der Waals surface area contributed by atoms with Crippen molar-refractivity contribution >= 4 is 5.91 Å². The Bertz CT molecular complexity index is 1150. The van der Waals surface area contributed by atoms with Gasteiger partial charge in [-0.25, -0.2) is 0 Å². The maximum atomic E-state index is 14.4. The highest BCUT2D eigenvalue weighted by atomic mass is 16.2. The number of hydrogen-bond donors (Lipinski definition) is 1. The van der Waals surface area contributed by atoms with Gasteiger partial charge in [-0.1, -0.05) is 85.8 Å². The molecule has 36 heavy (non-hydrogen) atoms. The van der Waals surface area contributed by atoms with E-state index in [1.165, 1.54) is 59.9 Å². The van der Waals surface area contributed by atoms with E-state index in [0.29, 0.717) is 5.92 Å². The molecule has 1 amide bonds. The number of carbonyl (C=O) groups is 1. The van der Waals surface area contributed by atoms with E-state index in [1.807, 2.05) is 0 Å². The van der Waals surface area contributed by atoms with Crippen molar-refractivity contribution in [3.63, 3.8) is 0 Å². The zero-order valence-corrected chi connectivity index (χ0v) is 21.6. The summed E-state index contributed by atoms with van der Waals surface area (Å²) in [6.07, 6.45) is 9.55. The molecule has 0 spiro atoms. The van der Waals surface area contributed by atoms with Gasteiger partial charge in [0.1, 0.15) is 5.41 Å². The second-order valence-corrected chi connectivity index (χ2v) is 11.9. The fraction of sp³-hybridized carbons (Fsp3) is 0.441. The normalized spacial score (nSPS) is 25.6. The van der Waals surface area contributed by atoms with Gasteiger partial charge in [-0.05, 0) is 103 Å². The number of benzene rings is 3. The van der Waals surface area contributed by atoms with Crippen LogP contribution in [0.1, 0.15) is 68.6 Å². The molecule has 0 radical (unpaired) electrons. The van der Waals surface area contributed by atoms with Crippen molar-refractivity contribution in [2.45, 2.75) is 63.7 Å².